The van der Waals surface area contributed by atoms with Crippen molar-refractivity contribution in [2.75, 3.05) is 25.2 Å². The third-order valence-corrected chi connectivity index (χ3v) is 2.88. The van der Waals surface area contributed by atoms with Crippen LogP contribution in [-0.2, 0) is 9.59 Å². The van der Waals surface area contributed by atoms with Crippen molar-refractivity contribution in [1.29, 1.82) is 0 Å². The van der Waals surface area contributed by atoms with Crippen LogP contribution in [0.2, 0.25) is 0 Å². The van der Waals surface area contributed by atoms with Gasteiger partial charge < -0.3 is 19.8 Å². The van der Waals surface area contributed by atoms with Crippen molar-refractivity contribution in [1.82, 2.24) is 0 Å². The number of amides is 1. The SMILES string of the molecule is CN1C(=O)COc2ccc(/C(=C/C(=O)O)CO)cc21. The topological polar surface area (TPSA) is 87.1 Å². The highest BCUT2D eigenvalue weighted by atomic mass is 16.5. The van der Waals surface area contributed by atoms with Gasteiger partial charge in [0.25, 0.3) is 5.91 Å². The molecule has 1 aliphatic heterocycles. The number of carbonyl (C=O) groups is 2. The van der Waals surface area contributed by atoms with E-state index >= 15 is 0 Å². The molecule has 0 saturated heterocycles. The predicted octanol–water partition coefficient (Wildman–Crippen LogP) is 0.502. The molecule has 0 atom stereocenters. The first-order valence-corrected chi connectivity index (χ1v) is 5.61. The largest absolute Gasteiger partial charge is 0.482 e. The lowest BCUT2D eigenvalue weighted by molar-refractivity contribution is -0.131. The molecule has 2 N–H and O–H groups in total. The number of aliphatic hydroxyl groups is 1. The Morgan fingerprint density at radius 3 is 2.89 bits per heavy atom. The number of carboxylic acid groups (broad SMARTS) is 1. The Morgan fingerprint density at radius 2 is 2.26 bits per heavy atom. The Labute approximate surface area is 109 Å². The number of carboxylic acids is 1. The van der Waals surface area contributed by atoms with Gasteiger partial charge in [-0.05, 0) is 23.3 Å². The molecule has 1 heterocycles. The summed E-state index contributed by atoms with van der Waals surface area (Å²) in [5, 5.41) is 17.9. The van der Waals surface area contributed by atoms with Crippen LogP contribution in [0.25, 0.3) is 5.57 Å². The first-order valence-electron chi connectivity index (χ1n) is 5.61. The van der Waals surface area contributed by atoms with Crippen LogP contribution in [0.4, 0.5) is 5.69 Å². The molecular formula is C13H13NO5. The van der Waals surface area contributed by atoms with Gasteiger partial charge in [-0.25, -0.2) is 4.79 Å². The van der Waals surface area contributed by atoms with Crippen molar-refractivity contribution >= 4 is 23.1 Å². The van der Waals surface area contributed by atoms with Gasteiger partial charge in [0.2, 0.25) is 0 Å². The van der Waals surface area contributed by atoms with Gasteiger partial charge in [0.15, 0.2) is 6.61 Å². The monoisotopic (exact) mass is 263 g/mol. The summed E-state index contributed by atoms with van der Waals surface area (Å²) in [5.41, 5.74) is 1.36. The summed E-state index contributed by atoms with van der Waals surface area (Å²) in [6.45, 7) is -0.412. The Bertz CT molecular complexity index is 564. The molecule has 1 aliphatic rings. The molecule has 0 unspecified atom stereocenters. The molecule has 0 aromatic heterocycles. The highest BCUT2D eigenvalue weighted by molar-refractivity contribution is 5.98. The van der Waals surface area contributed by atoms with Gasteiger partial charge in [-0.15, -0.1) is 0 Å². The van der Waals surface area contributed by atoms with E-state index < -0.39 is 12.6 Å². The Morgan fingerprint density at radius 1 is 1.53 bits per heavy atom. The molecule has 0 spiro atoms. The van der Waals surface area contributed by atoms with E-state index in [1.807, 2.05) is 0 Å². The maximum absolute atomic E-state index is 11.5. The van der Waals surface area contributed by atoms with Crippen LogP contribution >= 0.6 is 0 Å². The van der Waals surface area contributed by atoms with Crippen molar-refractivity contribution < 1.29 is 24.5 Å². The highest BCUT2D eigenvalue weighted by Crippen LogP contribution is 2.33. The van der Waals surface area contributed by atoms with E-state index in [1.54, 1.807) is 25.2 Å². The maximum Gasteiger partial charge on any atom is 0.328 e. The van der Waals surface area contributed by atoms with Gasteiger partial charge in [-0.2, -0.15) is 0 Å². The van der Waals surface area contributed by atoms with Crippen molar-refractivity contribution in [3.63, 3.8) is 0 Å². The van der Waals surface area contributed by atoms with Crippen LogP contribution in [0, 0.1) is 0 Å². The van der Waals surface area contributed by atoms with E-state index in [0.717, 1.165) is 6.08 Å². The van der Waals surface area contributed by atoms with E-state index in [4.69, 9.17) is 9.84 Å². The molecular weight excluding hydrogens is 250 g/mol. The molecule has 1 aromatic rings. The fourth-order valence-electron chi connectivity index (χ4n) is 1.84. The number of benzene rings is 1. The Hall–Kier alpha value is -2.34. The first-order chi connectivity index (χ1) is 9.02. The molecule has 6 nitrogen and oxygen atoms in total. The van der Waals surface area contributed by atoms with E-state index in [0.29, 0.717) is 17.0 Å². The number of carbonyl (C=O) groups excluding carboxylic acids is 1. The van der Waals surface area contributed by atoms with Gasteiger partial charge in [0.05, 0.1) is 12.3 Å². The van der Waals surface area contributed by atoms with Crippen LogP contribution in [0.1, 0.15) is 5.56 Å². The Balaban J connectivity index is 2.45. The highest BCUT2D eigenvalue weighted by Gasteiger charge is 2.22. The van der Waals surface area contributed by atoms with Gasteiger partial charge in [0.1, 0.15) is 5.75 Å². The number of likely N-dealkylation sites (N-methyl/N-ethyl adjacent to an activating group) is 1. The number of hydrogen-bond donors (Lipinski definition) is 2. The average molecular weight is 263 g/mol. The second-order valence-electron chi connectivity index (χ2n) is 4.09. The van der Waals surface area contributed by atoms with E-state index in [-0.39, 0.29) is 18.1 Å². The van der Waals surface area contributed by atoms with E-state index in [1.165, 1.54) is 4.90 Å². The zero-order chi connectivity index (χ0) is 14.0. The van der Waals surface area contributed by atoms with Crippen LogP contribution in [0.15, 0.2) is 24.3 Å². The molecule has 0 bridgehead atoms. The summed E-state index contributed by atoms with van der Waals surface area (Å²) < 4.78 is 5.27. The fourth-order valence-corrected chi connectivity index (χ4v) is 1.84. The Kier molecular flexibility index (Phi) is 3.52. The van der Waals surface area contributed by atoms with Gasteiger partial charge in [-0.1, -0.05) is 6.07 Å². The van der Waals surface area contributed by atoms with Gasteiger partial charge in [0, 0.05) is 13.1 Å². The number of hydrogen-bond acceptors (Lipinski definition) is 4. The minimum atomic E-state index is -1.14. The van der Waals surface area contributed by atoms with Crippen LogP contribution in [0.3, 0.4) is 0 Å². The average Bonchev–Trinajstić information content (AvgIpc) is 2.40. The fraction of sp³-hybridized carbons (Fsp3) is 0.231. The second-order valence-corrected chi connectivity index (χ2v) is 4.09. The molecule has 1 aromatic carbocycles. The minimum Gasteiger partial charge on any atom is -0.482 e. The van der Waals surface area contributed by atoms with Gasteiger partial charge in [-0.3, -0.25) is 4.79 Å². The molecule has 2 rings (SSSR count). The third-order valence-electron chi connectivity index (χ3n) is 2.88. The van der Waals surface area contributed by atoms with Crippen LogP contribution < -0.4 is 9.64 Å². The van der Waals surface area contributed by atoms with Crippen molar-refractivity contribution in [3.05, 3.63) is 29.8 Å². The number of aliphatic hydroxyl groups excluding tert-OH is 1. The molecule has 0 radical (unpaired) electrons. The van der Waals surface area contributed by atoms with Gasteiger partial charge >= 0.3 is 5.97 Å². The standard InChI is InChI=1S/C13H13NO5/c1-14-10-4-8(9(6-15)5-13(17)18)2-3-11(10)19-7-12(14)16/h2-5,15H,6-7H2,1H3,(H,17,18)/b9-5+. The third kappa shape index (κ3) is 2.58. The van der Waals surface area contributed by atoms with E-state index in [9.17, 15) is 14.7 Å². The smallest absolute Gasteiger partial charge is 0.328 e. The number of rotatable bonds is 3. The summed E-state index contributed by atoms with van der Waals surface area (Å²) >= 11 is 0. The summed E-state index contributed by atoms with van der Waals surface area (Å²) in [6, 6.07) is 4.92. The molecule has 1 amide bonds. The predicted molar refractivity (Wildman–Crippen MR) is 68.0 cm³/mol. The summed E-state index contributed by atoms with van der Waals surface area (Å²) in [4.78, 5) is 23.6. The molecule has 0 aliphatic carbocycles. The second kappa shape index (κ2) is 5.11. The lowest BCUT2D eigenvalue weighted by atomic mass is 10.0. The summed E-state index contributed by atoms with van der Waals surface area (Å²) in [7, 11) is 1.62. The van der Waals surface area contributed by atoms with Crippen molar-refractivity contribution in [2.45, 2.75) is 0 Å². The summed E-state index contributed by atoms with van der Waals surface area (Å²) in [6.07, 6.45) is 0.938. The molecule has 0 saturated carbocycles. The van der Waals surface area contributed by atoms with Crippen molar-refractivity contribution in [2.24, 2.45) is 0 Å². The number of ether oxygens (including phenoxy) is 1. The number of anilines is 1. The molecule has 6 heteroatoms. The molecule has 19 heavy (non-hydrogen) atoms. The quantitative estimate of drug-likeness (QED) is 0.775. The maximum atomic E-state index is 11.5. The lowest BCUT2D eigenvalue weighted by Crippen LogP contribution is -2.35. The van der Waals surface area contributed by atoms with Crippen molar-refractivity contribution in [3.8, 4) is 5.75 Å². The number of aliphatic carboxylic acids is 1. The normalized spacial score (nSPS) is 14.9. The van der Waals surface area contributed by atoms with Crippen LogP contribution in [0.5, 0.6) is 5.75 Å². The van der Waals surface area contributed by atoms with E-state index in [2.05, 4.69) is 0 Å². The number of fused-ring (bicyclic) bond motifs is 1. The van der Waals surface area contributed by atoms with Crippen LogP contribution in [-0.4, -0.2) is 42.4 Å². The first kappa shape index (κ1) is 13.1. The minimum absolute atomic E-state index is 0.0132. The molecule has 0 fully saturated rings. The lowest BCUT2D eigenvalue weighted by Gasteiger charge is -2.26. The number of nitrogens with zero attached hydrogens (tertiary/aromatic N) is 1. The molecule has 100 valence electrons. The summed E-state index contributed by atoms with van der Waals surface area (Å²) in [5.74, 6) is -0.765. The zero-order valence-corrected chi connectivity index (χ0v) is 10.3. The zero-order valence-electron chi connectivity index (χ0n) is 10.3.